The van der Waals surface area contributed by atoms with Crippen LogP contribution in [0.15, 0.2) is 4.99 Å². The average molecular weight is 185 g/mol. The molecule has 0 aromatic carbocycles. The molecule has 1 fully saturated rings. The minimum atomic E-state index is -0.274. The molecule has 1 rings (SSSR count). The number of rotatable bonds is 3. The highest BCUT2D eigenvalue weighted by molar-refractivity contribution is 5.90. The molecule has 0 saturated carbocycles. The molecule has 0 aromatic rings. The number of hydrogen-bond acceptors (Lipinski definition) is 3. The van der Waals surface area contributed by atoms with Crippen LogP contribution in [-0.4, -0.2) is 24.6 Å². The lowest BCUT2D eigenvalue weighted by atomic mass is 10.0. The number of nitrogens with two attached hydrogens (primary N) is 1. The van der Waals surface area contributed by atoms with Gasteiger partial charge in [0, 0.05) is 13.2 Å². The van der Waals surface area contributed by atoms with E-state index in [1.54, 1.807) is 0 Å². The Bertz CT molecular complexity index is 185. The maximum Gasteiger partial charge on any atom is 0.143 e. The maximum atomic E-state index is 5.62. The summed E-state index contributed by atoms with van der Waals surface area (Å²) in [5.41, 5.74) is 2.37. The van der Waals surface area contributed by atoms with E-state index in [0.29, 0.717) is 0 Å². The Hall–Kier alpha value is -0.610. The van der Waals surface area contributed by atoms with Crippen LogP contribution in [0.3, 0.4) is 0 Å². The van der Waals surface area contributed by atoms with Crippen molar-refractivity contribution in [2.75, 3.05) is 13.2 Å². The van der Waals surface area contributed by atoms with Gasteiger partial charge in [-0.15, -0.1) is 0 Å². The zero-order chi connectivity index (χ0) is 9.73. The molecule has 4 heteroatoms. The van der Waals surface area contributed by atoms with Crippen LogP contribution in [0.25, 0.3) is 0 Å². The van der Waals surface area contributed by atoms with E-state index in [1.165, 1.54) is 0 Å². The second kappa shape index (κ2) is 4.58. The van der Waals surface area contributed by atoms with E-state index in [-0.39, 0.29) is 5.60 Å². The van der Waals surface area contributed by atoms with Crippen molar-refractivity contribution in [3.8, 4) is 0 Å². The van der Waals surface area contributed by atoms with Gasteiger partial charge in [0.05, 0.1) is 0 Å². The van der Waals surface area contributed by atoms with Crippen molar-refractivity contribution in [1.82, 2.24) is 5.43 Å². The molecule has 0 bridgehead atoms. The molecule has 1 atom stereocenters. The molecule has 1 unspecified atom stereocenters. The number of nitrogens with one attached hydrogen (secondary N) is 1. The number of hydrogen-bond donors (Lipinski definition) is 2. The van der Waals surface area contributed by atoms with Gasteiger partial charge in [0.25, 0.3) is 0 Å². The molecule has 1 aliphatic rings. The molecular formula is C9H19N3O. The molecule has 1 aliphatic heterocycles. The Kier molecular flexibility index (Phi) is 3.69. The highest BCUT2D eigenvalue weighted by Crippen LogP contribution is 2.25. The van der Waals surface area contributed by atoms with Crippen LogP contribution in [0.5, 0.6) is 0 Å². The number of ether oxygens (including phenoxy) is 1. The quantitative estimate of drug-likeness (QED) is 0.296. The minimum absolute atomic E-state index is 0.274. The summed E-state index contributed by atoms with van der Waals surface area (Å²) in [6.45, 7) is 5.74. The Morgan fingerprint density at radius 1 is 1.69 bits per heavy atom. The Morgan fingerprint density at radius 2 is 2.46 bits per heavy atom. The minimum Gasteiger partial charge on any atom is -0.367 e. The summed E-state index contributed by atoms with van der Waals surface area (Å²) < 4.78 is 5.62. The van der Waals surface area contributed by atoms with E-state index >= 15 is 0 Å². The van der Waals surface area contributed by atoms with Gasteiger partial charge in [-0.1, -0.05) is 6.92 Å². The van der Waals surface area contributed by atoms with Gasteiger partial charge in [-0.05, 0) is 26.2 Å². The molecular weight excluding hydrogens is 166 g/mol. The van der Waals surface area contributed by atoms with E-state index < -0.39 is 0 Å². The van der Waals surface area contributed by atoms with Gasteiger partial charge in [-0.25, -0.2) is 5.84 Å². The SMILES string of the molecule is CCCN=C(NN)C1(C)CCCO1. The molecule has 0 aromatic heterocycles. The molecule has 0 spiro atoms. The second-order valence-electron chi connectivity index (χ2n) is 3.56. The first kappa shape index (κ1) is 10.5. The van der Waals surface area contributed by atoms with E-state index in [2.05, 4.69) is 17.3 Å². The van der Waals surface area contributed by atoms with Crippen molar-refractivity contribution in [2.45, 2.75) is 38.7 Å². The summed E-state index contributed by atoms with van der Waals surface area (Å²) in [7, 11) is 0. The van der Waals surface area contributed by atoms with Gasteiger partial charge >= 0.3 is 0 Å². The average Bonchev–Trinajstić information content (AvgIpc) is 2.54. The Balaban J connectivity index is 2.63. The van der Waals surface area contributed by atoms with Gasteiger partial charge in [0.2, 0.25) is 0 Å². The largest absolute Gasteiger partial charge is 0.367 e. The third kappa shape index (κ3) is 2.42. The van der Waals surface area contributed by atoms with Crippen molar-refractivity contribution < 1.29 is 4.74 Å². The fraction of sp³-hybridized carbons (Fsp3) is 0.889. The first-order valence-corrected chi connectivity index (χ1v) is 4.88. The van der Waals surface area contributed by atoms with Crippen molar-refractivity contribution in [3.63, 3.8) is 0 Å². The summed E-state index contributed by atoms with van der Waals surface area (Å²) in [4.78, 5) is 4.37. The lowest BCUT2D eigenvalue weighted by Gasteiger charge is -2.24. The van der Waals surface area contributed by atoms with Crippen LogP contribution < -0.4 is 11.3 Å². The molecule has 1 saturated heterocycles. The second-order valence-corrected chi connectivity index (χ2v) is 3.56. The van der Waals surface area contributed by atoms with Crippen LogP contribution >= 0.6 is 0 Å². The zero-order valence-corrected chi connectivity index (χ0v) is 8.47. The smallest absolute Gasteiger partial charge is 0.143 e. The summed E-state index contributed by atoms with van der Waals surface area (Å²) in [6.07, 6.45) is 3.12. The first-order chi connectivity index (χ1) is 6.23. The molecule has 4 nitrogen and oxygen atoms in total. The fourth-order valence-electron chi connectivity index (χ4n) is 1.56. The highest BCUT2D eigenvalue weighted by atomic mass is 16.5. The number of aliphatic imine (C=N–C) groups is 1. The van der Waals surface area contributed by atoms with Crippen LogP contribution in [0.1, 0.15) is 33.1 Å². The fourth-order valence-corrected chi connectivity index (χ4v) is 1.56. The number of hydrazine groups is 1. The van der Waals surface area contributed by atoms with E-state index in [1.807, 2.05) is 6.92 Å². The van der Waals surface area contributed by atoms with Crippen LogP contribution in [0.4, 0.5) is 0 Å². The first-order valence-electron chi connectivity index (χ1n) is 4.88. The number of amidine groups is 1. The van der Waals surface area contributed by atoms with Crippen molar-refractivity contribution in [3.05, 3.63) is 0 Å². The summed E-state index contributed by atoms with van der Waals surface area (Å²) in [5, 5.41) is 0. The standard InChI is InChI=1S/C9H19N3O/c1-3-6-11-8(12-10)9(2)5-4-7-13-9/h3-7,10H2,1-2H3,(H,11,12). The normalized spacial score (nSPS) is 29.3. The Labute approximate surface area is 79.5 Å². The summed E-state index contributed by atoms with van der Waals surface area (Å²) in [5.74, 6) is 6.20. The molecule has 76 valence electrons. The van der Waals surface area contributed by atoms with Crippen LogP contribution in [0, 0.1) is 0 Å². The van der Waals surface area contributed by atoms with Gasteiger partial charge in [-0.2, -0.15) is 0 Å². The lowest BCUT2D eigenvalue weighted by Crippen LogP contribution is -2.47. The summed E-state index contributed by atoms with van der Waals surface area (Å²) >= 11 is 0. The maximum absolute atomic E-state index is 5.62. The number of nitrogens with zero attached hydrogens (tertiary/aromatic N) is 1. The van der Waals surface area contributed by atoms with Crippen LogP contribution in [0.2, 0.25) is 0 Å². The van der Waals surface area contributed by atoms with E-state index in [0.717, 1.165) is 38.2 Å². The van der Waals surface area contributed by atoms with Gasteiger partial charge in [0.1, 0.15) is 11.4 Å². The predicted molar refractivity (Wildman–Crippen MR) is 53.5 cm³/mol. The van der Waals surface area contributed by atoms with Gasteiger partial charge < -0.3 is 10.2 Å². The van der Waals surface area contributed by atoms with Crippen molar-refractivity contribution in [1.29, 1.82) is 0 Å². The van der Waals surface area contributed by atoms with E-state index in [4.69, 9.17) is 10.6 Å². The van der Waals surface area contributed by atoms with Crippen LogP contribution in [-0.2, 0) is 4.74 Å². The highest BCUT2D eigenvalue weighted by Gasteiger charge is 2.35. The zero-order valence-electron chi connectivity index (χ0n) is 8.47. The molecule has 1 heterocycles. The van der Waals surface area contributed by atoms with E-state index in [9.17, 15) is 0 Å². The van der Waals surface area contributed by atoms with Crippen molar-refractivity contribution >= 4 is 5.84 Å². The third-order valence-corrected chi connectivity index (χ3v) is 2.35. The monoisotopic (exact) mass is 185 g/mol. The topological polar surface area (TPSA) is 59.6 Å². The molecule has 0 amide bonds. The molecule has 0 aliphatic carbocycles. The summed E-state index contributed by atoms with van der Waals surface area (Å²) in [6, 6.07) is 0. The van der Waals surface area contributed by atoms with Crippen molar-refractivity contribution in [2.24, 2.45) is 10.8 Å². The van der Waals surface area contributed by atoms with Gasteiger partial charge in [0.15, 0.2) is 0 Å². The predicted octanol–water partition coefficient (Wildman–Crippen LogP) is 0.827. The lowest BCUT2D eigenvalue weighted by molar-refractivity contribution is 0.0745. The third-order valence-electron chi connectivity index (χ3n) is 2.35. The molecule has 3 N–H and O–H groups in total. The molecule has 13 heavy (non-hydrogen) atoms. The van der Waals surface area contributed by atoms with Gasteiger partial charge in [-0.3, -0.25) is 4.99 Å². The molecule has 0 radical (unpaired) electrons. The Morgan fingerprint density at radius 3 is 2.92 bits per heavy atom.